The molecule has 0 bridgehead atoms. The van der Waals surface area contributed by atoms with E-state index in [1.54, 1.807) is 0 Å². The number of carbonyl (C=O) groups excluding carboxylic acids is 1. The van der Waals surface area contributed by atoms with Crippen molar-refractivity contribution in [2.45, 2.75) is 44.3 Å². The van der Waals surface area contributed by atoms with Crippen LogP contribution in [0.25, 0.3) is 6.08 Å². The highest BCUT2D eigenvalue weighted by Crippen LogP contribution is 2.53. The summed E-state index contributed by atoms with van der Waals surface area (Å²) < 4.78 is 0. The predicted octanol–water partition coefficient (Wildman–Crippen LogP) is 4.17. The fourth-order valence-electron chi connectivity index (χ4n) is 4.76. The number of rotatable bonds is 3. The van der Waals surface area contributed by atoms with Gasteiger partial charge in [0, 0.05) is 43.3 Å². The molecule has 2 atom stereocenters. The zero-order valence-electron chi connectivity index (χ0n) is 17.4. The summed E-state index contributed by atoms with van der Waals surface area (Å²) in [5.74, 6) is 0.109. The largest absolute Gasteiger partial charge is 0.378 e. The molecule has 4 rings (SSSR count). The standard InChI is InChI=1S/C24H29N3O/c1-17-16-22(28)25-24(15-14-18-10-12-19(13-11-18)26(4)5)23(2,3)20-8-6-7-9-21(20)27(17)24/h6-15,17H,16H2,1-5H3,(H,25,28)/b15-14+/t17-,24+/m1/s1. The average molecular weight is 376 g/mol. The molecule has 1 N–H and O–H groups in total. The minimum atomic E-state index is -0.578. The summed E-state index contributed by atoms with van der Waals surface area (Å²) >= 11 is 0. The van der Waals surface area contributed by atoms with Gasteiger partial charge in [-0.05, 0) is 42.3 Å². The summed E-state index contributed by atoms with van der Waals surface area (Å²) in [6.07, 6.45) is 4.83. The van der Waals surface area contributed by atoms with Crippen LogP contribution < -0.4 is 15.1 Å². The summed E-state index contributed by atoms with van der Waals surface area (Å²) in [5, 5.41) is 3.35. The van der Waals surface area contributed by atoms with E-state index in [-0.39, 0.29) is 17.4 Å². The van der Waals surface area contributed by atoms with E-state index in [2.05, 4.69) is 96.6 Å². The van der Waals surface area contributed by atoms with E-state index in [1.165, 1.54) is 16.9 Å². The first-order valence-electron chi connectivity index (χ1n) is 9.93. The third-order valence-electron chi connectivity index (χ3n) is 6.35. The number of para-hydroxylation sites is 1. The lowest BCUT2D eigenvalue weighted by Crippen LogP contribution is -2.71. The highest BCUT2D eigenvalue weighted by Gasteiger charge is 2.59. The Morgan fingerprint density at radius 1 is 1.11 bits per heavy atom. The highest BCUT2D eigenvalue weighted by molar-refractivity contribution is 5.85. The zero-order chi connectivity index (χ0) is 20.1. The molecule has 0 aromatic heterocycles. The lowest BCUT2D eigenvalue weighted by atomic mass is 9.74. The van der Waals surface area contributed by atoms with Crippen LogP contribution in [0.3, 0.4) is 0 Å². The van der Waals surface area contributed by atoms with Gasteiger partial charge in [0.15, 0.2) is 0 Å². The van der Waals surface area contributed by atoms with Crippen molar-refractivity contribution in [3.8, 4) is 0 Å². The van der Waals surface area contributed by atoms with Gasteiger partial charge < -0.3 is 15.1 Å². The van der Waals surface area contributed by atoms with Crippen LogP contribution >= 0.6 is 0 Å². The van der Waals surface area contributed by atoms with Gasteiger partial charge in [0.05, 0.1) is 0 Å². The SMILES string of the molecule is C[C@@H]1CC(=O)N[C@@]2(/C=C/c3ccc(N(C)C)cc3)N1c1ccccc1C2(C)C. The Morgan fingerprint density at radius 3 is 2.46 bits per heavy atom. The maximum atomic E-state index is 12.6. The average Bonchev–Trinajstić information content (AvgIpc) is 2.85. The molecule has 2 aliphatic heterocycles. The van der Waals surface area contributed by atoms with E-state index in [9.17, 15) is 4.79 Å². The smallest absolute Gasteiger partial charge is 0.224 e. The summed E-state index contributed by atoms with van der Waals surface area (Å²) in [6.45, 7) is 6.60. The highest BCUT2D eigenvalue weighted by atomic mass is 16.2. The van der Waals surface area contributed by atoms with Crippen LogP contribution in [-0.4, -0.2) is 31.7 Å². The first-order chi connectivity index (χ1) is 13.3. The normalized spacial score (nSPS) is 25.4. The van der Waals surface area contributed by atoms with E-state index in [1.807, 2.05) is 14.1 Å². The molecule has 4 nitrogen and oxygen atoms in total. The number of hydrogen-bond acceptors (Lipinski definition) is 3. The number of fused-ring (bicyclic) bond motifs is 3. The number of carbonyl (C=O) groups is 1. The fraction of sp³-hybridized carbons (Fsp3) is 0.375. The molecule has 4 heteroatoms. The van der Waals surface area contributed by atoms with E-state index in [4.69, 9.17) is 0 Å². The summed E-state index contributed by atoms with van der Waals surface area (Å²) in [5.41, 5.74) is 3.95. The zero-order valence-corrected chi connectivity index (χ0v) is 17.4. The van der Waals surface area contributed by atoms with Gasteiger partial charge in [-0.15, -0.1) is 0 Å². The topological polar surface area (TPSA) is 35.6 Å². The molecule has 0 radical (unpaired) electrons. The fourth-order valence-corrected chi connectivity index (χ4v) is 4.76. The van der Waals surface area contributed by atoms with Crippen LogP contribution in [0, 0.1) is 0 Å². The number of benzene rings is 2. The Balaban J connectivity index is 1.80. The number of anilines is 2. The summed E-state index contributed by atoms with van der Waals surface area (Å²) in [6, 6.07) is 17.1. The van der Waals surface area contributed by atoms with Gasteiger partial charge in [0.25, 0.3) is 0 Å². The maximum Gasteiger partial charge on any atom is 0.224 e. The quantitative estimate of drug-likeness (QED) is 0.875. The number of hydrogen-bond donors (Lipinski definition) is 1. The van der Waals surface area contributed by atoms with Gasteiger partial charge in [0.1, 0.15) is 5.66 Å². The minimum absolute atomic E-state index is 0.109. The minimum Gasteiger partial charge on any atom is -0.378 e. The molecule has 2 aromatic carbocycles. The Kier molecular flexibility index (Phi) is 4.25. The van der Waals surface area contributed by atoms with Crippen molar-refractivity contribution in [3.63, 3.8) is 0 Å². The van der Waals surface area contributed by atoms with Crippen LogP contribution in [0.15, 0.2) is 54.6 Å². The van der Waals surface area contributed by atoms with Crippen LogP contribution in [0.5, 0.6) is 0 Å². The predicted molar refractivity (Wildman–Crippen MR) is 117 cm³/mol. The molecule has 2 aliphatic rings. The van der Waals surface area contributed by atoms with Crippen molar-refractivity contribution in [2.24, 2.45) is 0 Å². The van der Waals surface area contributed by atoms with Gasteiger partial charge in [-0.1, -0.05) is 50.3 Å². The molecule has 1 fully saturated rings. The lowest BCUT2D eigenvalue weighted by Gasteiger charge is -2.51. The third-order valence-corrected chi connectivity index (χ3v) is 6.35. The van der Waals surface area contributed by atoms with Gasteiger partial charge in [-0.3, -0.25) is 4.79 Å². The van der Waals surface area contributed by atoms with Crippen molar-refractivity contribution >= 4 is 23.4 Å². The van der Waals surface area contributed by atoms with E-state index in [0.717, 1.165) is 5.56 Å². The van der Waals surface area contributed by atoms with Crippen molar-refractivity contribution in [3.05, 3.63) is 65.7 Å². The van der Waals surface area contributed by atoms with Crippen molar-refractivity contribution in [2.75, 3.05) is 23.9 Å². The maximum absolute atomic E-state index is 12.6. The molecule has 2 aromatic rings. The van der Waals surface area contributed by atoms with Crippen LogP contribution in [0.2, 0.25) is 0 Å². The Labute approximate surface area is 167 Å². The molecule has 146 valence electrons. The van der Waals surface area contributed by atoms with Gasteiger partial charge in [0.2, 0.25) is 5.91 Å². The number of nitrogens with one attached hydrogen (secondary N) is 1. The molecule has 0 saturated carbocycles. The van der Waals surface area contributed by atoms with Crippen LogP contribution in [0.1, 0.15) is 38.3 Å². The van der Waals surface area contributed by atoms with Crippen LogP contribution in [-0.2, 0) is 10.2 Å². The molecular weight excluding hydrogens is 346 g/mol. The Morgan fingerprint density at radius 2 is 1.79 bits per heavy atom. The van der Waals surface area contributed by atoms with Gasteiger partial charge in [-0.25, -0.2) is 0 Å². The number of amides is 1. The Bertz CT molecular complexity index is 929. The van der Waals surface area contributed by atoms with Crippen LogP contribution in [0.4, 0.5) is 11.4 Å². The molecule has 0 unspecified atom stereocenters. The number of nitrogens with zero attached hydrogens (tertiary/aromatic N) is 2. The van der Waals surface area contributed by atoms with Crippen molar-refractivity contribution in [1.82, 2.24) is 5.32 Å². The molecular formula is C24H29N3O. The monoisotopic (exact) mass is 375 g/mol. The second kappa shape index (κ2) is 6.40. The Hall–Kier alpha value is -2.75. The lowest BCUT2D eigenvalue weighted by molar-refractivity contribution is -0.125. The van der Waals surface area contributed by atoms with E-state index >= 15 is 0 Å². The molecule has 0 spiro atoms. The molecule has 1 saturated heterocycles. The second-order valence-electron chi connectivity index (χ2n) is 8.70. The molecule has 28 heavy (non-hydrogen) atoms. The van der Waals surface area contributed by atoms with E-state index in [0.29, 0.717) is 6.42 Å². The molecule has 2 heterocycles. The van der Waals surface area contributed by atoms with Gasteiger partial charge in [-0.2, -0.15) is 0 Å². The first-order valence-corrected chi connectivity index (χ1v) is 9.93. The van der Waals surface area contributed by atoms with Crippen molar-refractivity contribution < 1.29 is 4.79 Å². The molecule has 1 amide bonds. The third kappa shape index (κ3) is 2.62. The molecule has 0 aliphatic carbocycles. The van der Waals surface area contributed by atoms with Gasteiger partial charge >= 0.3 is 0 Å². The van der Waals surface area contributed by atoms with Crippen molar-refractivity contribution in [1.29, 1.82) is 0 Å². The second-order valence-corrected chi connectivity index (χ2v) is 8.70. The first kappa shape index (κ1) is 18.6. The van der Waals surface area contributed by atoms with E-state index < -0.39 is 5.66 Å². The summed E-state index contributed by atoms with van der Waals surface area (Å²) in [7, 11) is 4.08. The summed E-state index contributed by atoms with van der Waals surface area (Å²) in [4.78, 5) is 17.1.